The Hall–Kier alpha value is -2.31. The van der Waals surface area contributed by atoms with Gasteiger partial charge in [-0.1, -0.05) is 90.1 Å². The van der Waals surface area contributed by atoms with Crippen LogP contribution in [0.25, 0.3) is 0 Å². The third-order valence-corrected chi connectivity index (χ3v) is 6.04. The van der Waals surface area contributed by atoms with E-state index in [1.54, 1.807) is 0 Å². The highest BCUT2D eigenvalue weighted by molar-refractivity contribution is 7.79. The lowest BCUT2D eigenvalue weighted by Crippen LogP contribution is -2.23. The fraction of sp³-hybridized carbons (Fsp3) is 0.0526. The predicted molar refractivity (Wildman–Crippen MR) is 94.6 cm³/mol. The molecule has 22 heavy (non-hydrogen) atoms. The number of hydrogen-bond acceptors (Lipinski definition) is 2. The highest BCUT2D eigenvalue weighted by Gasteiger charge is 2.18. The lowest BCUT2D eigenvalue weighted by molar-refractivity contribution is 1.07. The minimum absolute atomic E-state index is 0.217. The Kier molecular flexibility index (Phi) is 4.72. The van der Waals surface area contributed by atoms with Crippen LogP contribution in [0.1, 0.15) is 5.56 Å². The van der Waals surface area contributed by atoms with Crippen LogP contribution in [0.4, 0.5) is 0 Å². The molecule has 0 spiro atoms. The van der Waals surface area contributed by atoms with Crippen LogP contribution in [-0.2, 0) is 6.54 Å². The summed E-state index contributed by atoms with van der Waals surface area (Å²) >= 11 is 0. The van der Waals surface area contributed by atoms with Crippen molar-refractivity contribution in [2.75, 3.05) is 0 Å². The van der Waals surface area contributed by atoms with Crippen LogP contribution in [-0.4, -0.2) is 0 Å². The number of rotatable bonds is 5. The van der Waals surface area contributed by atoms with Crippen LogP contribution in [0.5, 0.6) is 0 Å². The smallest absolute Gasteiger partial charge is 0.107 e. The van der Waals surface area contributed by atoms with Crippen molar-refractivity contribution in [1.29, 1.82) is 0 Å². The second-order valence-electron chi connectivity index (χ2n) is 4.92. The van der Waals surface area contributed by atoms with Crippen LogP contribution in [0.15, 0.2) is 90.1 Å². The molecule has 0 aromatic heterocycles. The molecule has 0 aliphatic carbocycles. The van der Waals surface area contributed by atoms with Crippen molar-refractivity contribution < 1.29 is 0 Å². The highest BCUT2D eigenvalue weighted by Crippen LogP contribution is 2.34. The minimum atomic E-state index is -0.677. The Morgan fingerprint density at radius 2 is 1.18 bits per heavy atom. The van der Waals surface area contributed by atoms with Crippen molar-refractivity contribution >= 4 is 23.8 Å². The van der Waals surface area contributed by atoms with Gasteiger partial charge in [-0.05, 0) is 29.4 Å². The standard InChI is InChI=1S/C19H16NOP/c21-20-15-16-9-7-8-14-19(16)22(17-10-3-1-4-11-17)18-12-5-2-6-13-18/h1-14H,15H2. The molecule has 0 fully saturated rings. The summed E-state index contributed by atoms with van der Waals surface area (Å²) < 4.78 is 0. The monoisotopic (exact) mass is 305 g/mol. The van der Waals surface area contributed by atoms with E-state index in [-0.39, 0.29) is 6.54 Å². The van der Waals surface area contributed by atoms with Gasteiger partial charge in [0, 0.05) is 0 Å². The number of nitrogens with zero attached hydrogens (tertiary/aromatic N) is 1. The molecule has 2 nitrogen and oxygen atoms in total. The van der Waals surface area contributed by atoms with Gasteiger partial charge in [-0.3, -0.25) is 0 Å². The summed E-state index contributed by atoms with van der Waals surface area (Å²) in [6.45, 7) is 0.217. The maximum Gasteiger partial charge on any atom is 0.107 e. The van der Waals surface area contributed by atoms with E-state index in [0.29, 0.717) is 0 Å². The summed E-state index contributed by atoms with van der Waals surface area (Å²) in [5.41, 5.74) is 1.01. The number of nitroso groups, excluding NO2 is 1. The molecule has 0 atom stereocenters. The summed E-state index contributed by atoms with van der Waals surface area (Å²) in [5, 5.41) is 6.86. The van der Waals surface area contributed by atoms with Gasteiger partial charge in [0.15, 0.2) is 0 Å². The third-order valence-electron chi connectivity index (χ3n) is 3.50. The summed E-state index contributed by atoms with van der Waals surface area (Å²) in [6, 6.07) is 29.1. The molecule has 3 heteroatoms. The molecule has 0 bridgehead atoms. The van der Waals surface area contributed by atoms with E-state index in [1.807, 2.05) is 30.3 Å². The summed E-state index contributed by atoms with van der Waals surface area (Å²) in [4.78, 5) is 10.8. The van der Waals surface area contributed by atoms with Gasteiger partial charge in [-0.25, -0.2) is 0 Å². The van der Waals surface area contributed by atoms with Crippen LogP contribution in [0.2, 0.25) is 0 Å². The molecular formula is C19H16NOP. The molecule has 0 saturated heterocycles. The molecular weight excluding hydrogens is 289 g/mol. The van der Waals surface area contributed by atoms with Crippen molar-refractivity contribution in [3.8, 4) is 0 Å². The van der Waals surface area contributed by atoms with Crippen molar-refractivity contribution in [1.82, 2.24) is 0 Å². The zero-order chi connectivity index (χ0) is 15.2. The average molecular weight is 305 g/mol. The Morgan fingerprint density at radius 1 is 0.682 bits per heavy atom. The Balaban J connectivity index is 2.17. The lowest BCUT2D eigenvalue weighted by Gasteiger charge is -2.21. The molecule has 3 aromatic carbocycles. The van der Waals surface area contributed by atoms with Gasteiger partial charge in [0.2, 0.25) is 0 Å². The molecule has 3 rings (SSSR count). The molecule has 108 valence electrons. The van der Waals surface area contributed by atoms with Crippen LogP contribution in [0.3, 0.4) is 0 Å². The predicted octanol–water partition coefficient (Wildman–Crippen LogP) is 3.71. The van der Waals surface area contributed by atoms with E-state index in [2.05, 4.69) is 59.8 Å². The van der Waals surface area contributed by atoms with E-state index >= 15 is 0 Å². The first-order chi connectivity index (χ1) is 10.9. The molecule has 0 amide bonds. The van der Waals surface area contributed by atoms with Crippen LogP contribution >= 0.6 is 7.92 Å². The second-order valence-corrected chi connectivity index (χ2v) is 7.11. The van der Waals surface area contributed by atoms with Crippen molar-refractivity contribution in [3.63, 3.8) is 0 Å². The van der Waals surface area contributed by atoms with Crippen molar-refractivity contribution in [2.24, 2.45) is 5.18 Å². The van der Waals surface area contributed by atoms with Crippen LogP contribution in [0, 0.1) is 4.91 Å². The van der Waals surface area contributed by atoms with Gasteiger partial charge in [-0.2, -0.15) is 4.91 Å². The highest BCUT2D eigenvalue weighted by atomic mass is 31.1. The number of hydrogen-bond donors (Lipinski definition) is 0. The summed E-state index contributed by atoms with van der Waals surface area (Å²) in [7, 11) is -0.677. The van der Waals surface area contributed by atoms with Crippen LogP contribution < -0.4 is 15.9 Å². The molecule has 0 unspecified atom stereocenters. The van der Waals surface area contributed by atoms with E-state index in [0.717, 1.165) is 5.56 Å². The molecule has 3 aromatic rings. The topological polar surface area (TPSA) is 29.4 Å². The molecule has 0 N–H and O–H groups in total. The zero-order valence-electron chi connectivity index (χ0n) is 12.1. The van der Waals surface area contributed by atoms with Crippen molar-refractivity contribution in [3.05, 3.63) is 95.4 Å². The van der Waals surface area contributed by atoms with Gasteiger partial charge in [0.1, 0.15) is 6.54 Å². The maximum absolute atomic E-state index is 10.8. The maximum atomic E-state index is 10.8. The average Bonchev–Trinajstić information content (AvgIpc) is 2.59. The zero-order valence-corrected chi connectivity index (χ0v) is 13.0. The van der Waals surface area contributed by atoms with Gasteiger partial charge in [-0.15, -0.1) is 0 Å². The molecule has 0 saturated carbocycles. The van der Waals surface area contributed by atoms with Gasteiger partial charge in [0.05, 0.1) is 0 Å². The summed E-state index contributed by atoms with van der Waals surface area (Å²) in [6.07, 6.45) is 0. The second kappa shape index (κ2) is 7.11. The SMILES string of the molecule is O=NCc1ccccc1P(c1ccccc1)c1ccccc1. The minimum Gasteiger partial charge on any atom is -0.150 e. The van der Waals surface area contributed by atoms with E-state index < -0.39 is 7.92 Å². The van der Waals surface area contributed by atoms with Gasteiger partial charge < -0.3 is 0 Å². The Morgan fingerprint density at radius 3 is 1.73 bits per heavy atom. The number of benzene rings is 3. The lowest BCUT2D eigenvalue weighted by atomic mass is 10.2. The largest absolute Gasteiger partial charge is 0.150 e. The summed E-state index contributed by atoms with van der Waals surface area (Å²) in [5.74, 6) is 0. The van der Waals surface area contributed by atoms with E-state index in [1.165, 1.54) is 15.9 Å². The fourth-order valence-corrected chi connectivity index (χ4v) is 4.98. The normalized spacial score (nSPS) is 10.6. The molecule has 0 radical (unpaired) electrons. The quantitative estimate of drug-likeness (QED) is 0.522. The van der Waals surface area contributed by atoms with Gasteiger partial charge in [0.25, 0.3) is 0 Å². The first-order valence-electron chi connectivity index (χ1n) is 7.17. The van der Waals surface area contributed by atoms with Gasteiger partial charge >= 0.3 is 0 Å². The fourth-order valence-electron chi connectivity index (χ4n) is 2.51. The van der Waals surface area contributed by atoms with E-state index in [4.69, 9.17) is 0 Å². The molecule has 0 aliphatic heterocycles. The van der Waals surface area contributed by atoms with E-state index in [9.17, 15) is 4.91 Å². The Labute approximate surface area is 131 Å². The first-order valence-corrected chi connectivity index (χ1v) is 8.51. The Bertz CT molecular complexity index is 704. The third kappa shape index (κ3) is 3.13. The van der Waals surface area contributed by atoms with Crippen molar-refractivity contribution in [2.45, 2.75) is 6.54 Å². The first kappa shape index (κ1) is 14.6. The molecule has 0 heterocycles. The molecule has 0 aliphatic rings.